The Bertz CT molecular complexity index is 1170. The summed E-state index contributed by atoms with van der Waals surface area (Å²) in [5.74, 6) is 0.198. The minimum absolute atomic E-state index is 0.164. The van der Waals surface area contributed by atoms with E-state index in [-0.39, 0.29) is 18.4 Å². The number of nitrogens with one attached hydrogen (secondary N) is 2. The van der Waals surface area contributed by atoms with E-state index in [1.165, 1.54) is 22.7 Å². The van der Waals surface area contributed by atoms with Crippen LogP contribution in [0.3, 0.4) is 0 Å². The molecule has 2 heterocycles. The molecule has 0 radical (unpaired) electrons. The normalized spacial score (nSPS) is 10.5. The summed E-state index contributed by atoms with van der Waals surface area (Å²) in [5, 5.41) is 10.5. The van der Waals surface area contributed by atoms with E-state index in [0.717, 1.165) is 0 Å². The summed E-state index contributed by atoms with van der Waals surface area (Å²) >= 11 is 8.58. The van der Waals surface area contributed by atoms with Gasteiger partial charge >= 0.3 is 0 Å². The van der Waals surface area contributed by atoms with Crippen LogP contribution in [0, 0.1) is 0 Å². The Hall–Kier alpha value is -3.20. The summed E-state index contributed by atoms with van der Waals surface area (Å²) < 4.78 is 5.65. The molecule has 0 fully saturated rings. The molecular formula is C22H16ClN3O3S2. The van der Waals surface area contributed by atoms with Crippen LogP contribution in [0.2, 0.25) is 5.02 Å². The van der Waals surface area contributed by atoms with Crippen LogP contribution in [0.15, 0.2) is 71.4 Å². The van der Waals surface area contributed by atoms with E-state index in [2.05, 4.69) is 15.6 Å². The van der Waals surface area contributed by atoms with E-state index in [4.69, 9.17) is 16.3 Å². The van der Waals surface area contributed by atoms with E-state index in [1.54, 1.807) is 60.0 Å². The van der Waals surface area contributed by atoms with Crippen LogP contribution in [-0.2, 0) is 6.61 Å². The second kappa shape index (κ2) is 9.74. The highest BCUT2D eigenvalue weighted by molar-refractivity contribution is 7.12. The third kappa shape index (κ3) is 5.69. The summed E-state index contributed by atoms with van der Waals surface area (Å²) in [5.41, 5.74) is 1.56. The van der Waals surface area contributed by atoms with Crippen molar-refractivity contribution in [3.8, 4) is 5.75 Å². The van der Waals surface area contributed by atoms with Crippen molar-refractivity contribution in [3.05, 3.63) is 92.0 Å². The van der Waals surface area contributed by atoms with Crippen molar-refractivity contribution in [2.45, 2.75) is 6.61 Å². The van der Waals surface area contributed by atoms with Gasteiger partial charge < -0.3 is 15.4 Å². The number of hydrogen-bond acceptors (Lipinski definition) is 6. The van der Waals surface area contributed by atoms with Crippen molar-refractivity contribution in [1.29, 1.82) is 0 Å². The molecule has 4 aromatic rings. The van der Waals surface area contributed by atoms with Gasteiger partial charge in [-0.05, 0) is 60.0 Å². The van der Waals surface area contributed by atoms with Crippen molar-refractivity contribution in [2.75, 3.05) is 10.6 Å². The first-order valence-corrected chi connectivity index (χ1v) is 11.3. The van der Waals surface area contributed by atoms with Gasteiger partial charge in [0.15, 0.2) is 0 Å². The zero-order valence-corrected chi connectivity index (χ0v) is 18.4. The number of benzene rings is 2. The molecule has 9 heteroatoms. The summed E-state index contributed by atoms with van der Waals surface area (Å²) in [4.78, 5) is 29.5. The fraction of sp³-hybridized carbons (Fsp3) is 0.0455. The number of ether oxygens (including phenoxy) is 1. The lowest BCUT2D eigenvalue weighted by atomic mass is 10.2. The van der Waals surface area contributed by atoms with Gasteiger partial charge in [-0.25, -0.2) is 4.98 Å². The number of amides is 2. The average molecular weight is 470 g/mol. The number of thiazole rings is 1. The standard InChI is InChI=1S/C22H16ClN3O3S2/c23-14-3-9-17(10-4-14)29-12-20-26-18(13-31-20)21(27)24-15-5-7-16(8-6-15)25-22(28)19-2-1-11-30-19/h1-11,13H,12H2,(H,24,27)(H,25,28). The molecule has 2 amide bonds. The highest BCUT2D eigenvalue weighted by Gasteiger charge is 2.12. The Morgan fingerprint density at radius 1 is 0.903 bits per heavy atom. The van der Waals surface area contributed by atoms with Gasteiger partial charge in [-0.3, -0.25) is 9.59 Å². The molecule has 0 spiro atoms. The average Bonchev–Trinajstić information content (AvgIpc) is 3.47. The van der Waals surface area contributed by atoms with Gasteiger partial charge in [0.2, 0.25) is 0 Å². The molecular weight excluding hydrogens is 454 g/mol. The predicted molar refractivity (Wildman–Crippen MR) is 125 cm³/mol. The Morgan fingerprint density at radius 3 is 2.23 bits per heavy atom. The Labute approximate surface area is 191 Å². The summed E-state index contributed by atoms with van der Waals surface area (Å²) in [7, 11) is 0. The number of hydrogen-bond donors (Lipinski definition) is 2. The van der Waals surface area contributed by atoms with Gasteiger partial charge in [0, 0.05) is 21.8 Å². The zero-order chi connectivity index (χ0) is 21.6. The molecule has 2 N–H and O–H groups in total. The van der Waals surface area contributed by atoms with E-state index < -0.39 is 0 Å². The number of rotatable bonds is 7. The van der Waals surface area contributed by atoms with Gasteiger partial charge in [0.25, 0.3) is 11.8 Å². The van der Waals surface area contributed by atoms with Crippen LogP contribution in [0.25, 0.3) is 0 Å². The van der Waals surface area contributed by atoms with Gasteiger partial charge in [-0.15, -0.1) is 22.7 Å². The smallest absolute Gasteiger partial charge is 0.275 e. The summed E-state index contributed by atoms with van der Waals surface area (Å²) in [6.07, 6.45) is 0. The van der Waals surface area contributed by atoms with Gasteiger partial charge in [0.05, 0.1) is 4.88 Å². The number of thiophene rings is 1. The van der Waals surface area contributed by atoms with Crippen molar-refractivity contribution < 1.29 is 14.3 Å². The molecule has 2 aromatic carbocycles. The number of aromatic nitrogens is 1. The Morgan fingerprint density at radius 2 is 1.58 bits per heavy atom. The Balaban J connectivity index is 1.31. The van der Waals surface area contributed by atoms with E-state index >= 15 is 0 Å². The van der Waals surface area contributed by atoms with Gasteiger partial charge in [0.1, 0.15) is 23.1 Å². The quantitative estimate of drug-likeness (QED) is 0.351. The maximum atomic E-state index is 12.5. The second-order valence-corrected chi connectivity index (χ2v) is 8.66. The lowest BCUT2D eigenvalue weighted by Gasteiger charge is -2.06. The minimum Gasteiger partial charge on any atom is -0.486 e. The highest BCUT2D eigenvalue weighted by Crippen LogP contribution is 2.20. The van der Waals surface area contributed by atoms with Crippen LogP contribution in [0.5, 0.6) is 5.75 Å². The molecule has 0 aliphatic rings. The molecule has 2 aromatic heterocycles. The monoisotopic (exact) mass is 469 g/mol. The second-order valence-electron chi connectivity index (χ2n) is 6.33. The number of carbonyl (C=O) groups is 2. The van der Waals surface area contributed by atoms with Gasteiger partial charge in [-0.2, -0.15) is 0 Å². The fourth-order valence-electron chi connectivity index (χ4n) is 2.59. The SMILES string of the molecule is O=C(Nc1ccc(NC(=O)c2cccs2)cc1)c1csc(COc2ccc(Cl)cc2)n1. The number of anilines is 2. The fourth-order valence-corrected chi connectivity index (χ4v) is 4.02. The van der Waals surface area contributed by atoms with E-state index in [1.807, 2.05) is 11.4 Å². The van der Waals surface area contributed by atoms with Crippen LogP contribution in [0.1, 0.15) is 25.2 Å². The number of nitrogens with zero attached hydrogens (tertiary/aromatic N) is 1. The molecule has 6 nitrogen and oxygen atoms in total. The van der Waals surface area contributed by atoms with Crippen LogP contribution in [-0.4, -0.2) is 16.8 Å². The maximum Gasteiger partial charge on any atom is 0.275 e. The highest BCUT2D eigenvalue weighted by atomic mass is 35.5. The number of carbonyl (C=O) groups excluding carboxylic acids is 2. The number of halogens is 1. The van der Waals surface area contributed by atoms with Crippen molar-refractivity contribution >= 4 is 57.5 Å². The lowest BCUT2D eigenvalue weighted by molar-refractivity contribution is 0.101. The van der Waals surface area contributed by atoms with Crippen LogP contribution < -0.4 is 15.4 Å². The lowest BCUT2D eigenvalue weighted by Crippen LogP contribution is -2.13. The van der Waals surface area contributed by atoms with Crippen molar-refractivity contribution in [3.63, 3.8) is 0 Å². The van der Waals surface area contributed by atoms with Gasteiger partial charge in [-0.1, -0.05) is 17.7 Å². The van der Waals surface area contributed by atoms with Crippen LogP contribution in [0.4, 0.5) is 11.4 Å². The molecule has 0 bridgehead atoms. The predicted octanol–water partition coefficient (Wildman–Crippen LogP) is 5.94. The summed E-state index contributed by atoms with van der Waals surface area (Å²) in [6.45, 7) is 0.262. The third-order valence-corrected chi connectivity index (χ3v) is 6.05. The first-order valence-electron chi connectivity index (χ1n) is 9.16. The molecule has 0 saturated heterocycles. The minimum atomic E-state index is -0.315. The van der Waals surface area contributed by atoms with Crippen molar-refractivity contribution in [2.24, 2.45) is 0 Å². The largest absolute Gasteiger partial charge is 0.486 e. The molecule has 0 saturated carbocycles. The molecule has 0 atom stereocenters. The Kier molecular flexibility index (Phi) is 6.61. The molecule has 0 aliphatic heterocycles. The molecule has 156 valence electrons. The van der Waals surface area contributed by atoms with Crippen molar-refractivity contribution in [1.82, 2.24) is 4.98 Å². The van der Waals surface area contributed by atoms with E-state index in [9.17, 15) is 9.59 Å². The molecule has 31 heavy (non-hydrogen) atoms. The van der Waals surface area contributed by atoms with Crippen LogP contribution >= 0.6 is 34.3 Å². The topological polar surface area (TPSA) is 80.3 Å². The first kappa shape index (κ1) is 21.0. The maximum absolute atomic E-state index is 12.5. The molecule has 0 unspecified atom stereocenters. The molecule has 4 rings (SSSR count). The first-order chi connectivity index (χ1) is 15.1. The summed E-state index contributed by atoms with van der Waals surface area (Å²) in [6, 6.07) is 17.5. The third-order valence-electron chi connectivity index (χ3n) is 4.11. The van der Waals surface area contributed by atoms with E-state index in [0.29, 0.717) is 37.7 Å². The molecule has 0 aliphatic carbocycles. The zero-order valence-electron chi connectivity index (χ0n) is 16.0.